The number of rotatable bonds is 6. The highest BCUT2D eigenvalue weighted by Gasteiger charge is 2.11. The summed E-state index contributed by atoms with van der Waals surface area (Å²) in [6.07, 6.45) is 0. The predicted octanol–water partition coefficient (Wildman–Crippen LogP) is 2.58. The van der Waals surface area contributed by atoms with E-state index in [0.29, 0.717) is 28.3 Å². The van der Waals surface area contributed by atoms with E-state index in [1.165, 1.54) is 48.5 Å². The van der Waals surface area contributed by atoms with Gasteiger partial charge in [-0.2, -0.15) is 0 Å². The summed E-state index contributed by atoms with van der Waals surface area (Å²) in [4.78, 5) is 24.5. The fraction of sp³-hybridized carbons (Fsp3) is 0.0476. The normalized spacial score (nSPS) is 11.4. The van der Waals surface area contributed by atoms with E-state index in [4.69, 9.17) is 10.3 Å². The molecule has 184 valence electrons. The van der Waals surface area contributed by atoms with Crippen LogP contribution < -0.4 is 31.5 Å². The Morgan fingerprint density at radius 2 is 0.971 bits per heavy atom. The molecular weight excluding hydrogens is 496 g/mol. The zero-order valence-electron chi connectivity index (χ0n) is 18.3. The number of nitrogens with one attached hydrogen (secondary N) is 4. The van der Waals surface area contributed by atoms with Crippen LogP contribution in [0.15, 0.2) is 76.5 Å². The lowest BCUT2D eigenvalue weighted by molar-refractivity contribution is 0.261. The Morgan fingerprint density at radius 3 is 1.40 bits per heavy atom. The van der Waals surface area contributed by atoms with Gasteiger partial charge in [0.1, 0.15) is 0 Å². The van der Waals surface area contributed by atoms with E-state index in [9.17, 15) is 26.4 Å². The molecule has 0 fully saturated rings. The van der Waals surface area contributed by atoms with E-state index in [-0.39, 0.29) is 9.79 Å². The van der Waals surface area contributed by atoms with E-state index in [1.54, 1.807) is 25.1 Å². The second-order valence-electron chi connectivity index (χ2n) is 7.33. The van der Waals surface area contributed by atoms with E-state index in [1.807, 2.05) is 0 Å². The van der Waals surface area contributed by atoms with Gasteiger partial charge in [0.05, 0.1) is 9.79 Å². The topological polar surface area (TPSA) is 203 Å². The lowest BCUT2D eigenvalue weighted by atomic mass is 10.2. The maximum Gasteiger partial charge on any atom is 0.323 e. The Labute approximate surface area is 201 Å². The third-order valence-electron chi connectivity index (χ3n) is 4.63. The van der Waals surface area contributed by atoms with Crippen molar-refractivity contribution in [3.63, 3.8) is 0 Å². The standard InChI is InChI=1S/C21H22N6O6S2/c1-13-2-3-16(26-20(28)24-14-4-8-17(9-5-14)34(22,30)31)12-19(13)27-21(29)25-15-6-10-18(11-7-15)35(23,32)33/h2-12H,1H3,(H2,22,30,31)(H2,23,32,33)(H2,24,26,28)(H2,25,27,29). The summed E-state index contributed by atoms with van der Waals surface area (Å²) in [7, 11) is -7.68. The molecule has 0 atom stereocenters. The second-order valence-corrected chi connectivity index (χ2v) is 10.4. The fourth-order valence-corrected chi connectivity index (χ4v) is 3.90. The highest BCUT2D eigenvalue weighted by molar-refractivity contribution is 7.89. The molecule has 0 unspecified atom stereocenters. The Hall–Kier alpha value is -3.98. The molecule has 0 aliphatic heterocycles. The first kappa shape index (κ1) is 25.6. The molecule has 0 bridgehead atoms. The van der Waals surface area contributed by atoms with Gasteiger partial charge < -0.3 is 21.3 Å². The number of carbonyl (C=O) groups excluding carboxylic acids is 2. The molecule has 8 N–H and O–H groups in total. The number of amides is 4. The van der Waals surface area contributed by atoms with Crippen LogP contribution in [0.4, 0.5) is 32.3 Å². The molecule has 0 aliphatic rings. The minimum Gasteiger partial charge on any atom is -0.308 e. The van der Waals surface area contributed by atoms with Crippen molar-refractivity contribution in [2.24, 2.45) is 10.3 Å². The monoisotopic (exact) mass is 518 g/mol. The van der Waals surface area contributed by atoms with E-state index in [2.05, 4.69) is 21.3 Å². The third kappa shape index (κ3) is 7.25. The van der Waals surface area contributed by atoms with Crippen molar-refractivity contribution in [1.29, 1.82) is 0 Å². The van der Waals surface area contributed by atoms with Crippen molar-refractivity contribution in [3.05, 3.63) is 72.3 Å². The largest absolute Gasteiger partial charge is 0.323 e. The number of anilines is 4. The maximum atomic E-state index is 12.4. The van der Waals surface area contributed by atoms with Gasteiger partial charge in [0.2, 0.25) is 20.0 Å². The van der Waals surface area contributed by atoms with Crippen LogP contribution in [0.5, 0.6) is 0 Å². The van der Waals surface area contributed by atoms with Crippen molar-refractivity contribution in [3.8, 4) is 0 Å². The molecular formula is C21H22N6O6S2. The number of urea groups is 2. The summed E-state index contributed by atoms with van der Waals surface area (Å²) < 4.78 is 45.3. The molecule has 35 heavy (non-hydrogen) atoms. The molecule has 3 aromatic rings. The van der Waals surface area contributed by atoms with Gasteiger partial charge in [0, 0.05) is 22.7 Å². The molecule has 3 rings (SSSR count). The molecule has 4 amide bonds. The van der Waals surface area contributed by atoms with Gasteiger partial charge in [-0.1, -0.05) is 6.07 Å². The van der Waals surface area contributed by atoms with Crippen LogP contribution in [-0.4, -0.2) is 28.9 Å². The van der Waals surface area contributed by atoms with E-state index >= 15 is 0 Å². The molecule has 0 aromatic heterocycles. The third-order valence-corrected chi connectivity index (χ3v) is 6.48. The molecule has 0 heterocycles. The first-order chi connectivity index (χ1) is 16.3. The highest BCUT2D eigenvalue weighted by atomic mass is 32.2. The maximum absolute atomic E-state index is 12.4. The van der Waals surface area contributed by atoms with Crippen LogP contribution in [-0.2, 0) is 20.0 Å². The highest BCUT2D eigenvalue weighted by Crippen LogP contribution is 2.22. The van der Waals surface area contributed by atoms with Gasteiger partial charge in [-0.25, -0.2) is 36.7 Å². The number of aryl methyl sites for hydroxylation is 1. The molecule has 0 radical (unpaired) electrons. The molecule has 14 heteroatoms. The van der Waals surface area contributed by atoms with Gasteiger partial charge >= 0.3 is 12.1 Å². The number of benzene rings is 3. The summed E-state index contributed by atoms with van der Waals surface area (Å²) in [5.41, 5.74) is 2.19. The summed E-state index contributed by atoms with van der Waals surface area (Å²) >= 11 is 0. The van der Waals surface area contributed by atoms with Crippen molar-refractivity contribution >= 4 is 54.9 Å². The SMILES string of the molecule is Cc1ccc(NC(=O)Nc2ccc(S(N)(=O)=O)cc2)cc1NC(=O)Nc1ccc(S(N)(=O)=O)cc1. The fourth-order valence-electron chi connectivity index (χ4n) is 2.87. The molecule has 0 spiro atoms. The summed E-state index contributed by atoms with van der Waals surface area (Å²) in [6.45, 7) is 1.76. The lowest BCUT2D eigenvalue weighted by Crippen LogP contribution is -2.21. The number of primary sulfonamides is 2. The zero-order chi connectivity index (χ0) is 25.8. The Morgan fingerprint density at radius 1 is 0.600 bits per heavy atom. The minimum absolute atomic E-state index is 0.0864. The lowest BCUT2D eigenvalue weighted by Gasteiger charge is -2.13. The van der Waals surface area contributed by atoms with Crippen LogP contribution in [0.1, 0.15) is 5.56 Å². The molecule has 0 saturated heterocycles. The minimum atomic E-state index is -3.84. The number of nitrogens with two attached hydrogens (primary N) is 2. The van der Waals surface area contributed by atoms with Crippen LogP contribution >= 0.6 is 0 Å². The Balaban J connectivity index is 1.62. The van der Waals surface area contributed by atoms with Crippen LogP contribution in [0.2, 0.25) is 0 Å². The summed E-state index contributed by atoms with van der Waals surface area (Å²) in [5.74, 6) is 0. The van der Waals surface area contributed by atoms with Crippen molar-refractivity contribution < 1.29 is 26.4 Å². The average molecular weight is 519 g/mol. The summed E-state index contributed by atoms with van der Waals surface area (Å²) in [6, 6.07) is 14.3. The molecule has 0 aliphatic carbocycles. The van der Waals surface area contributed by atoms with Gasteiger partial charge in [0.25, 0.3) is 0 Å². The van der Waals surface area contributed by atoms with Gasteiger partial charge in [-0.15, -0.1) is 0 Å². The molecule has 12 nitrogen and oxygen atoms in total. The van der Waals surface area contributed by atoms with Gasteiger partial charge in [0.15, 0.2) is 0 Å². The number of hydrogen-bond donors (Lipinski definition) is 6. The molecule has 0 saturated carbocycles. The van der Waals surface area contributed by atoms with Crippen LogP contribution in [0.3, 0.4) is 0 Å². The Bertz CT molecular complexity index is 1470. The number of sulfonamides is 2. The van der Waals surface area contributed by atoms with E-state index in [0.717, 1.165) is 0 Å². The van der Waals surface area contributed by atoms with Crippen LogP contribution in [0, 0.1) is 6.92 Å². The first-order valence-electron chi connectivity index (χ1n) is 9.84. The first-order valence-corrected chi connectivity index (χ1v) is 12.9. The van der Waals surface area contributed by atoms with Gasteiger partial charge in [-0.3, -0.25) is 0 Å². The predicted molar refractivity (Wildman–Crippen MR) is 132 cm³/mol. The van der Waals surface area contributed by atoms with E-state index < -0.39 is 32.1 Å². The second kappa shape index (κ2) is 10.1. The van der Waals surface area contributed by atoms with Crippen molar-refractivity contribution in [2.45, 2.75) is 16.7 Å². The summed E-state index contributed by atoms with van der Waals surface area (Å²) in [5, 5.41) is 20.5. The number of hydrogen-bond acceptors (Lipinski definition) is 6. The quantitative estimate of drug-likeness (QED) is 0.289. The molecule has 3 aromatic carbocycles. The smallest absolute Gasteiger partial charge is 0.308 e. The van der Waals surface area contributed by atoms with Crippen LogP contribution in [0.25, 0.3) is 0 Å². The number of carbonyl (C=O) groups is 2. The zero-order valence-corrected chi connectivity index (χ0v) is 19.9. The average Bonchev–Trinajstić information content (AvgIpc) is 2.75. The Kier molecular flexibility index (Phi) is 7.40. The van der Waals surface area contributed by atoms with Crippen molar-refractivity contribution in [2.75, 3.05) is 21.3 Å². The van der Waals surface area contributed by atoms with Gasteiger partial charge in [-0.05, 0) is 73.2 Å². The van der Waals surface area contributed by atoms with Crippen molar-refractivity contribution in [1.82, 2.24) is 0 Å².